The van der Waals surface area contributed by atoms with Gasteiger partial charge in [-0.1, -0.05) is 0 Å². The molecule has 3 nitrogen and oxygen atoms in total. The second-order valence-corrected chi connectivity index (χ2v) is 2.86. The first-order valence-electron chi connectivity index (χ1n) is 4.25. The highest BCUT2D eigenvalue weighted by Crippen LogP contribution is 2.24. The van der Waals surface area contributed by atoms with Gasteiger partial charge in [0.05, 0.1) is 0 Å². The molecule has 7 heteroatoms. The van der Waals surface area contributed by atoms with E-state index in [0.29, 0.717) is 12.1 Å². The summed E-state index contributed by atoms with van der Waals surface area (Å²) in [6, 6.07) is 1.43. The van der Waals surface area contributed by atoms with Crippen molar-refractivity contribution in [2.24, 2.45) is 0 Å². The number of carboxylic acids is 1. The highest BCUT2D eigenvalue weighted by Gasteiger charge is 2.15. The lowest BCUT2D eigenvalue weighted by molar-refractivity contribution is -0.131. The van der Waals surface area contributed by atoms with Crippen molar-refractivity contribution in [3.8, 4) is 5.75 Å². The molecule has 1 rings (SSSR count). The summed E-state index contributed by atoms with van der Waals surface area (Å²) in [7, 11) is 0. The summed E-state index contributed by atoms with van der Waals surface area (Å²) in [6.45, 7) is -3.30. The molecule has 0 saturated heterocycles. The number of carbonyl (C=O) groups is 1. The molecule has 0 heterocycles. The van der Waals surface area contributed by atoms with Crippen LogP contribution in [0.4, 0.5) is 17.6 Å². The molecule has 1 aromatic rings. The second-order valence-electron chi connectivity index (χ2n) is 2.86. The standard InChI is InChI=1S/C10H6F4O3/c11-6-3-5(1-2-8(15)16)4-7(9(6)12)17-10(13)14/h1-4,10H,(H,15,16). The maximum absolute atomic E-state index is 13.0. The molecule has 0 fully saturated rings. The van der Waals surface area contributed by atoms with Gasteiger partial charge >= 0.3 is 12.6 Å². The third kappa shape index (κ3) is 3.78. The molecule has 0 aliphatic heterocycles. The number of hydrogen-bond acceptors (Lipinski definition) is 2. The van der Waals surface area contributed by atoms with E-state index in [0.717, 1.165) is 12.1 Å². The van der Waals surface area contributed by atoms with Crippen LogP contribution in [-0.2, 0) is 4.79 Å². The molecule has 0 bridgehead atoms. The Bertz CT molecular complexity index is 457. The number of alkyl halides is 2. The van der Waals surface area contributed by atoms with Gasteiger partial charge in [0.15, 0.2) is 11.6 Å². The summed E-state index contributed by atoms with van der Waals surface area (Å²) in [5.74, 6) is -5.26. The van der Waals surface area contributed by atoms with Crippen LogP contribution >= 0.6 is 0 Å². The number of rotatable bonds is 4. The zero-order valence-corrected chi connectivity index (χ0v) is 8.16. The van der Waals surface area contributed by atoms with Crippen molar-refractivity contribution in [1.29, 1.82) is 0 Å². The molecule has 0 aromatic heterocycles. The van der Waals surface area contributed by atoms with Gasteiger partial charge in [-0.25, -0.2) is 9.18 Å². The van der Waals surface area contributed by atoms with E-state index in [2.05, 4.69) is 4.74 Å². The van der Waals surface area contributed by atoms with Crippen LogP contribution in [0.2, 0.25) is 0 Å². The molecular formula is C10H6F4O3. The molecular weight excluding hydrogens is 244 g/mol. The van der Waals surface area contributed by atoms with E-state index in [1.54, 1.807) is 0 Å². The van der Waals surface area contributed by atoms with Crippen molar-refractivity contribution in [2.75, 3.05) is 0 Å². The second kappa shape index (κ2) is 5.33. The van der Waals surface area contributed by atoms with Crippen LogP contribution in [0.1, 0.15) is 5.56 Å². The van der Waals surface area contributed by atoms with Crippen molar-refractivity contribution < 1.29 is 32.2 Å². The molecule has 0 radical (unpaired) electrons. The van der Waals surface area contributed by atoms with Crippen LogP contribution in [0.25, 0.3) is 6.08 Å². The Balaban J connectivity index is 3.09. The summed E-state index contributed by atoms with van der Waals surface area (Å²) in [5, 5.41) is 8.31. The predicted octanol–water partition coefficient (Wildman–Crippen LogP) is 2.66. The number of carboxylic acid groups (broad SMARTS) is 1. The third-order valence-corrected chi connectivity index (χ3v) is 1.65. The minimum atomic E-state index is -3.30. The Morgan fingerprint density at radius 2 is 2.00 bits per heavy atom. The Hall–Kier alpha value is -2.05. The van der Waals surface area contributed by atoms with Gasteiger partial charge in [0.25, 0.3) is 0 Å². The Labute approximate surface area is 92.9 Å². The average Bonchev–Trinajstić information content (AvgIpc) is 2.21. The summed E-state index contributed by atoms with van der Waals surface area (Å²) in [6.07, 6.45) is 1.57. The van der Waals surface area contributed by atoms with E-state index in [1.807, 2.05) is 0 Å². The summed E-state index contributed by atoms with van der Waals surface area (Å²) < 4.78 is 53.4. The van der Waals surface area contributed by atoms with Crippen molar-refractivity contribution in [2.45, 2.75) is 6.61 Å². The molecule has 0 unspecified atom stereocenters. The summed E-state index contributed by atoms with van der Waals surface area (Å²) >= 11 is 0. The number of halogens is 4. The van der Waals surface area contributed by atoms with E-state index in [9.17, 15) is 22.4 Å². The lowest BCUT2D eigenvalue weighted by Crippen LogP contribution is -2.05. The highest BCUT2D eigenvalue weighted by atomic mass is 19.3. The van der Waals surface area contributed by atoms with Gasteiger partial charge in [0, 0.05) is 6.08 Å². The first-order valence-corrected chi connectivity index (χ1v) is 4.25. The molecule has 0 aliphatic rings. The SMILES string of the molecule is O=C(O)C=Cc1cc(F)c(F)c(OC(F)F)c1. The largest absolute Gasteiger partial charge is 0.478 e. The van der Waals surface area contributed by atoms with Crippen LogP contribution in [0.15, 0.2) is 18.2 Å². The number of aliphatic carboxylic acids is 1. The summed E-state index contributed by atoms with van der Waals surface area (Å²) in [5.41, 5.74) is -0.109. The van der Waals surface area contributed by atoms with E-state index in [-0.39, 0.29) is 5.56 Å². The van der Waals surface area contributed by atoms with Gasteiger partial charge in [-0.3, -0.25) is 0 Å². The monoisotopic (exact) mass is 250 g/mol. The maximum Gasteiger partial charge on any atom is 0.387 e. The van der Waals surface area contributed by atoms with Crippen molar-refractivity contribution in [1.82, 2.24) is 0 Å². The van der Waals surface area contributed by atoms with Gasteiger partial charge in [-0.15, -0.1) is 0 Å². The maximum atomic E-state index is 13.0. The van der Waals surface area contributed by atoms with Gasteiger partial charge in [0.2, 0.25) is 5.82 Å². The Morgan fingerprint density at radius 3 is 2.53 bits per heavy atom. The minimum Gasteiger partial charge on any atom is -0.478 e. The molecule has 0 spiro atoms. The number of benzene rings is 1. The van der Waals surface area contributed by atoms with Crippen molar-refractivity contribution in [3.63, 3.8) is 0 Å². The fourth-order valence-corrected chi connectivity index (χ4v) is 1.03. The third-order valence-electron chi connectivity index (χ3n) is 1.65. The van der Waals surface area contributed by atoms with E-state index >= 15 is 0 Å². The molecule has 1 aromatic carbocycles. The van der Waals surface area contributed by atoms with E-state index < -0.39 is 30.0 Å². The van der Waals surface area contributed by atoms with Crippen LogP contribution in [0.5, 0.6) is 5.75 Å². The minimum absolute atomic E-state index is 0.109. The van der Waals surface area contributed by atoms with Gasteiger partial charge < -0.3 is 9.84 Å². The number of hydrogen-bond donors (Lipinski definition) is 1. The molecule has 1 N–H and O–H groups in total. The zero-order valence-electron chi connectivity index (χ0n) is 8.16. The van der Waals surface area contributed by atoms with Crippen LogP contribution < -0.4 is 4.74 Å². The first-order chi connectivity index (χ1) is 7.90. The normalized spacial score (nSPS) is 11.1. The van der Waals surface area contributed by atoms with Gasteiger partial charge in [0.1, 0.15) is 0 Å². The molecule has 0 aliphatic carbocycles. The molecule has 0 saturated carbocycles. The smallest absolute Gasteiger partial charge is 0.387 e. The molecule has 92 valence electrons. The van der Waals surface area contributed by atoms with Crippen molar-refractivity contribution in [3.05, 3.63) is 35.4 Å². The van der Waals surface area contributed by atoms with E-state index in [4.69, 9.17) is 5.11 Å². The fourth-order valence-electron chi connectivity index (χ4n) is 1.03. The van der Waals surface area contributed by atoms with Gasteiger partial charge in [-0.2, -0.15) is 13.2 Å². The first kappa shape index (κ1) is 13.0. The Kier molecular flexibility index (Phi) is 4.08. The Morgan fingerprint density at radius 1 is 1.35 bits per heavy atom. The van der Waals surface area contributed by atoms with E-state index in [1.165, 1.54) is 0 Å². The molecule has 17 heavy (non-hydrogen) atoms. The molecule has 0 atom stereocenters. The van der Waals surface area contributed by atoms with Gasteiger partial charge in [-0.05, 0) is 23.8 Å². The quantitative estimate of drug-likeness (QED) is 0.660. The topological polar surface area (TPSA) is 46.5 Å². The average molecular weight is 250 g/mol. The number of ether oxygens (including phenoxy) is 1. The lowest BCUT2D eigenvalue weighted by atomic mass is 10.2. The lowest BCUT2D eigenvalue weighted by Gasteiger charge is -2.07. The molecule has 0 amide bonds. The van der Waals surface area contributed by atoms with Crippen molar-refractivity contribution >= 4 is 12.0 Å². The predicted molar refractivity (Wildman–Crippen MR) is 49.7 cm³/mol. The highest BCUT2D eigenvalue weighted by molar-refractivity contribution is 5.85. The van der Waals surface area contributed by atoms with Crippen LogP contribution in [0.3, 0.4) is 0 Å². The van der Waals surface area contributed by atoms with Crippen LogP contribution in [0, 0.1) is 11.6 Å². The van der Waals surface area contributed by atoms with Crippen LogP contribution in [-0.4, -0.2) is 17.7 Å². The summed E-state index contributed by atoms with van der Waals surface area (Å²) in [4.78, 5) is 10.2. The zero-order chi connectivity index (χ0) is 13.0. The fraction of sp³-hybridized carbons (Fsp3) is 0.100.